The van der Waals surface area contributed by atoms with E-state index in [1.165, 1.54) is 33.4 Å². The van der Waals surface area contributed by atoms with E-state index in [0.29, 0.717) is 0 Å². The molecule has 0 heteroatoms. The molecule has 1 aliphatic rings. The second-order valence-corrected chi connectivity index (χ2v) is 6.03. The molecule has 0 saturated heterocycles. The van der Waals surface area contributed by atoms with E-state index < -0.39 is 0 Å². The Labute approximate surface area is 145 Å². The third kappa shape index (κ3) is 2.06. The van der Waals surface area contributed by atoms with E-state index in [4.69, 9.17) is 0 Å². The number of fused-ring (bicyclic) bond motifs is 3. The van der Waals surface area contributed by atoms with E-state index in [1.54, 1.807) is 0 Å². The summed E-state index contributed by atoms with van der Waals surface area (Å²) in [7, 11) is 0. The largest absolute Gasteiger partial charge is 0.0987 e. The molecule has 120 valence electrons. The number of benzene rings is 2. The molecule has 3 rings (SSSR count). The number of allylic oxidation sites excluding steroid dienone is 7. The molecule has 0 nitrogen and oxygen atoms in total. The molecular weight excluding hydrogens is 288 g/mol. The van der Waals surface area contributed by atoms with Crippen LogP contribution in [0.4, 0.5) is 0 Å². The van der Waals surface area contributed by atoms with Crippen molar-refractivity contribution in [1.29, 1.82) is 0 Å². The third-order valence-electron chi connectivity index (χ3n) is 5.01. The van der Waals surface area contributed by atoms with E-state index in [2.05, 4.69) is 100 Å². The van der Waals surface area contributed by atoms with Gasteiger partial charge in [0.1, 0.15) is 0 Å². The molecule has 0 fully saturated rings. The summed E-state index contributed by atoms with van der Waals surface area (Å²) in [5.74, 6) is 0. The lowest BCUT2D eigenvalue weighted by molar-refractivity contribution is 0.762. The van der Waals surface area contributed by atoms with Crippen LogP contribution in [-0.2, 0) is 5.41 Å². The van der Waals surface area contributed by atoms with Gasteiger partial charge in [-0.15, -0.1) is 0 Å². The SMILES string of the molecule is C=C/C(=C\C)C1(C(/C=C\C)=C/C)c2ccccc2-c2ccccc21. The summed E-state index contributed by atoms with van der Waals surface area (Å²) in [4.78, 5) is 0. The Hall–Kier alpha value is -2.60. The molecule has 2 aromatic carbocycles. The quantitative estimate of drug-likeness (QED) is 0.557. The average molecular weight is 312 g/mol. The molecule has 0 unspecified atom stereocenters. The minimum absolute atomic E-state index is 0.287. The predicted molar refractivity (Wildman–Crippen MR) is 105 cm³/mol. The highest BCUT2D eigenvalue weighted by Gasteiger charge is 2.46. The highest BCUT2D eigenvalue weighted by molar-refractivity contribution is 5.86. The summed E-state index contributed by atoms with van der Waals surface area (Å²) in [5, 5.41) is 0. The summed E-state index contributed by atoms with van der Waals surface area (Å²) < 4.78 is 0. The lowest BCUT2D eigenvalue weighted by Gasteiger charge is -2.35. The maximum atomic E-state index is 4.12. The van der Waals surface area contributed by atoms with Gasteiger partial charge in [-0.25, -0.2) is 0 Å². The van der Waals surface area contributed by atoms with Gasteiger partial charge < -0.3 is 0 Å². The first kappa shape index (κ1) is 16.3. The van der Waals surface area contributed by atoms with Crippen molar-refractivity contribution < 1.29 is 0 Å². The summed E-state index contributed by atoms with van der Waals surface area (Å²) >= 11 is 0. The zero-order chi connectivity index (χ0) is 17.2. The molecule has 1 aliphatic carbocycles. The fourth-order valence-electron chi connectivity index (χ4n) is 4.13. The first-order valence-electron chi connectivity index (χ1n) is 8.53. The van der Waals surface area contributed by atoms with Crippen LogP contribution in [0, 0.1) is 0 Å². The second-order valence-electron chi connectivity index (χ2n) is 6.03. The van der Waals surface area contributed by atoms with Crippen LogP contribution in [0.3, 0.4) is 0 Å². The fourth-order valence-corrected chi connectivity index (χ4v) is 4.13. The molecule has 0 atom stereocenters. The number of hydrogen-bond acceptors (Lipinski definition) is 0. The van der Waals surface area contributed by atoms with Crippen LogP contribution >= 0.6 is 0 Å². The van der Waals surface area contributed by atoms with Crippen LogP contribution < -0.4 is 0 Å². The van der Waals surface area contributed by atoms with Crippen molar-refractivity contribution in [3.63, 3.8) is 0 Å². The van der Waals surface area contributed by atoms with Gasteiger partial charge in [-0.05, 0) is 54.2 Å². The van der Waals surface area contributed by atoms with E-state index in [0.717, 1.165) is 0 Å². The smallest absolute Gasteiger partial charge is 0.0706 e. The van der Waals surface area contributed by atoms with Crippen LogP contribution in [0.1, 0.15) is 31.9 Å². The van der Waals surface area contributed by atoms with Crippen molar-refractivity contribution in [2.24, 2.45) is 0 Å². The van der Waals surface area contributed by atoms with Crippen molar-refractivity contribution >= 4 is 0 Å². The summed E-state index contributed by atoms with van der Waals surface area (Å²) in [6.45, 7) is 10.4. The van der Waals surface area contributed by atoms with Gasteiger partial charge in [0, 0.05) is 0 Å². The van der Waals surface area contributed by atoms with Crippen LogP contribution in [0.25, 0.3) is 11.1 Å². The van der Waals surface area contributed by atoms with Gasteiger partial charge in [-0.3, -0.25) is 0 Å². The van der Waals surface area contributed by atoms with Crippen molar-refractivity contribution in [3.8, 4) is 11.1 Å². The van der Waals surface area contributed by atoms with Gasteiger partial charge in [0.05, 0.1) is 5.41 Å². The minimum atomic E-state index is -0.287. The average Bonchev–Trinajstić information content (AvgIpc) is 2.93. The summed E-state index contributed by atoms with van der Waals surface area (Å²) in [6.07, 6.45) is 10.8. The first-order valence-corrected chi connectivity index (χ1v) is 8.53. The van der Waals surface area contributed by atoms with Gasteiger partial charge >= 0.3 is 0 Å². The Kier molecular flexibility index (Phi) is 4.40. The Bertz CT molecular complexity index is 814. The molecule has 0 aromatic heterocycles. The zero-order valence-corrected chi connectivity index (χ0v) is 14.7. The normalized spacial score (nSPS) is 16.1. The Morgan fingerprint density at radius 2 is 1.29 bits per heavy atom. The molecule has 0 amide bonds. The third-order valence-corrected chi connectivity index (χ3v) is 5.01. The lowest BCUT2D eigenvalue weighted by atomic mass is 9.66. The lowest BCUT2D eigenvalue weighted by Crippen LogP contribution is -2.29. The number of rotatable bonds is 4. The molecule has 0 radical (unpaired) electrons. The zero-order valence-electron chi connectivity index (χ0n) is 14.7. The molecule has 0 bridgehead atoms. The van der Waals surface area contributed by atoms with E-state index >= 15 is 0 Å². The maximum Gasteiger partial charge on any atom is 0.0706 e. The molecule has 2 aromatic rings. The molecule has 0 saturated carbocycles. The van der Waals surface area contributed by atoms with Gasteiger partial charge in [0.25, 0.3) is 0 Å². The standard InChI is InChI=1S/C24H24/c1-5-13-19(8-4)24(18(6-2)7-3)22-16-11-9-14-20(22)21-15-10-12-17-23(21)24/h5-17H,2H2,1,3-4H3/b13-5-,18-7+,19-8+. The van der Waals surface area contributed by atoms with Crippen molar-refractivity contribution in [2.45, 2.75) is 26.2 Å². The van der Waals surface area contributed by atoms with Crippen molar-refractivity contribution in [1.82, 2.24) is 0 Å². The van der Waals surface area contributed by atoms with Gasteiger partial charge in [-0.1, -0.05) is 85.5 Å². The van der Waals surface area contributed by atoms with Crippen LogP contribution in [0.15, 0.2) is 96.6 Å². The highest BCUT2D eigenvalue weighted by atomic mass is 14.5. The molecule has 24 heavy (non-hydrogen) atoms. The van der Waals surface area contributed by atoms with Crippen LogP contribution in [-0.4, -0.2) is 0 Å². The fraction of sp³-hybridized carbons (Fsp3) is 0.167. The minimum Gasteiger partial charge on any atom is -0.0987 e. The summed E-state index contributed by atoms with van der Waals surface area (Å²) in [5.41, 5.74) is 7.54. The van der Waals surface area contributed by atoms with Gasteiger partial charge in [0.15, 0.2) is 0 Å². The van der Waals surface area contributed by atoms with Gasteiger partial charge in [-0.2, -0.15) is 0 Å². The van der Waals surface area contributed by atoms with E-state index in [1.807, 2.05) is 6.08 Å². The summed E-state index contributed by atoms with van der Waals surface area (Å²) in [6, 6.07) is 17.5. The molecule has 0 spiro atoms. The monoisotopic (exact) mass is 312 g/mol. The Morgan fingerprint density at radius 3 is 1.71 bits per heavy atom. The first-order chi connectivity index (χ1) is 11.7. The topological polar surface area (TPSA) is 0 Å². The Morgan fingerprint density at radius 1 is 0.792 bits per heavy atom. The predicted octanol–water partition coefficient (Wildman–Crippen LogP) is 6.61. The van der Waals surface area contributed by atoms with Crippen LogP contribution in [0.5, 0.6) is 0 Å². The number of hydrogen-bond donors (Lipinski definition) is 0. The maximum absolute atomic E-state index is 4.12. The molecule has 0 aliphatic heterocycles. The Balaban J connectivity index is 2.52. The van der Waals surface area contributed by atoms with Crippen molar-refractivity contribution in [3.05, 3.63) is 108 Å². The second kappa shape index (κ2) is 6.49. The van der Waals surface area contributed by atoms with Crippen LogP contribution in [0.2, 0.25) is 0 Å². The van der Waals surface area contributed by atoms with Gasteiger partial charge in [0.2, 0.25) is 0 Å². The molecule has 0 N–H and O–H groups in total. The molecule has 0 heterocycles. The van der Waals surface area contributed by atoms with E-state index in [9.17, 15) is 0 Å². The van der Waals surface area contributed by atoms with Crippen molar-refractivity contribution in [2.75, 3.05) is 0 Å². The van der Waals surface area contributed by atoms with E-state index in [-0.39, 0.29) is 5.41 Å². The highest BCUT2D eigenvalue weighted by Crippen LogP contribution is 2.56. The molecular formula is C24H24.